The zero-order valence-electron chi connectivity index (χ0n) is 11.1. The van der Waals surface area contributed by atoms with Crippen LogP contribution in [0.3, 0.4) is 0 Å². The maximum absolute atomic E-state index is 2.36. The van der Waals surface area contributed by atoms with Crippen molar-refractivity contribution in [2.45, 2.75) is 19.3 Å². The van der Waals surface area contributed by atoms with E-state index in [1.54, 1.807) is 0 Å². The topological polar surface area (TPSA) is 0 Å². The van der Waals surface area contributed by atoms with E-state index in [0.717, 1.165) is 6.42 Å². The summed E-state index contributed by atoms with van der Waals surface area (Å²) in [4.78, 5) is 0. The van der Waals surface area contributed by atoms with Crippen molar-refractivity contribution in [3.8, 4) is 0 Å². The normalized spacial score (nSPS) is 19.2. The first-order valence-electron chi connectivity index (χ1n) is 6.89. The van der Waals surface area contributed by atoms with Gasteiger partial charge in [0.15, 0.2) is 0 Å². The molecule has 1 unspecified atom stereocenters. The second kappa shape index (κ2) is 3.96. The van der Waals surface area contributed by atoms with Crippen molar-refractivity contribution in [1.29, 1.82) is 0 Å². The van der Waals surface area contributed by atoms with E-state index in [1.807, 2.05) is 0 Å². The van der Waals surface area contributed by atoms with Crippen molar-refractivity contribution >= 4 is 12.2 Å². The molecular formula is C19H16. The Hall–Kier alpha value is -2.08. The quantitative estimate of drug-likeness (QED) is 0.675. The summed E-state index contributed by atoms with van der Waals surface area (Å²) in [7, 11) is 0. The molecule has 0 radical (unpaired) electrons. The summed E-state index contributed by atoms with van der Waals surface area (Å²) in [5.74, 6) is 0.424. The Morgan fingerprint density at radius 2 is 1.79 bits per heavy atom. The molecule has 0 aliphatic heterocycles. The van der Waals surface area contributed by atoms with E-state index in [-0.39, 0.29) is 0 Å². The average Bonchev–Trinajstić information content (AvgIpc) is 3.00. The van der Waals surface area contributed by atoms with Crippen molar-refractivity contribution in [3.05, 3.63) is 81.9 Å². The summed E-state index contributed by atoms with van der Waals surface area (Å²) in [6.07, 6.45) is 8.06. The highest BCUT2D eigenvalue weighted by Gasteiger charge is 2.23. The van der Waals surface area contributed by atoms with Crippen LogP contribution in [0.5, 0.6) is 0 Å². The van der Waals surface area contributed by atoms with Crippen LogP contribution >= 0.6 is 0 Å². The number of allylic oxidation sites excluding steroid dienone is 2. The molecule has 0 nitrogen and oxygen atoms in total. The predicted octanol–water partition coefficient (Wildman–Crippen LogP) is 4.80. The third-order valence-corrected chi connectivity index (χ3v) is 4.22. The van der Waals surface area contributed by atoms with Gasteiger partial charge in [0.2, 0.25) is 0 Å². The van der Waals surface area contributed by atoms with Gasteiger partial charge in [-0.15, -0.1) is 0 Å². The molecule has 0 saturated heterocycles. The average molecular weight is 244 g/mol. The van der Waals surface area contributed by atoms with Gasteiger partial charge in [-0.1, -0.05) is 66.3 Å². The lowest BCUT2D eigenvalue weighted by Gasteiger charge is -2.15. The summed E-state index contributed by atoms with van der Waals surface area (Å²) < 4.78 is 0. The molecule has 0 bridgehead atoms. The van der Waals surface area contributed by atoms with E-state index in [4.69, 9.17) is 0 Å². The first-order valence-corrected chi connectivity index (χ1v) is 6.89. The summed E-state index contributed by atoms with van der Waals surface area (Å²) in [5, 5.41) is 0. The van der Waals surface area contributed by atoms with E-state index in [9.17, 15) is 0 Å². The highest BCUT2D eigenvalue weighted by atomic mass is 14.3. The van der Waals surface area contributed by atoms with Gasteiger partial charge in [-0.05, 0) is 41.2 Å². The second-order valence-corrected chi connectivity index (χ2v) is 5.55. The molecule has 0 aromatic heterocycles. The van der Waals surface area contributed by atoms with E-state index in [1.165, 1.54) is 33.4 Å². The molecule has 1 atom stereocenters. The van der Waals surface area contributed by atoms with Crippen LogP contribution in [0.1, 0.15) is 40.7 Å². The molecule has 0 fully saturated rings. The van der Waals surface area contributed by atoms with Crippen molar-refractivity contribution in [1.82, 2.24) is 0 Å². The molecule has 2 aromatic rings. The Balaban J connectivity index is 1.88. The molecule has 4 rings (SSSR count). The van der Waals surface area contributed by atoms with Crippen LogP contribution in [0.25, 0.3) is 12.2 Å². The molecular weight excluding hydrogens is 228 g/mol. The molecule has 0 heterocycles. The number of benzene rings is 2. The van der Waals surface area contributed by atoms with Crippen LogP contribution in [-0.4, -0.2) is 0 Å². The van der Waals surface area contributed by atoms with Gasteiger partial charge in [-0.25, -0.2) is 0 Å². The van der Waals surface area contributed by atoms with Gasteiger partial charge in [-0.3, -0.25) is 0 Å². The minimum Gasteiger partial charge on any atom is -0.0720 e. The van der Waals surface area contributed by atoms with Crippen LogP contribution in [0.15, 0.2) is 54.1 Å². The Bertz CT molecular complexity index is 717. The number of rotatable bonds is 1. The smallest absolute Gasteiger partial charge is 0.0284 e. The minimum atomic E-state index is 0.424. The molecule has 19 heavy (non-hydrogen) atoms. The van der Waals surface area contributed by atoms with Crippen molar-refractivity contribution < 1.29 is 0 Å². The SMILES string of the molecule is CC1=Cc2c(cccc2C2C=Cc3ccccc32)C1. The molecule has 0 amide bonds. The van der Waals surface area contributed by atoms with Gasteiger partial charge < -0.3 is 0 Å². The first kappa shape index (κ1) is 10.8. The Kier molecular flexibility index (Phi) is 2.25. The Morgan fingerprint density at radius 1 is 0.947 bits per heavy atom. The van der Waals surface area contributed by atoms with Gasteiger partial charge in [0.1, 0.15) is 0 Å². The number of hydrogen-bond acceptors (Lipinski definition) is 0. The Labute approximate surface area is 114 Å². The largest absolute Gasteiger partial charge is 0.0720 e. The fourth-order valence-electron chi connectivity index (χ4n) is 3.35. The summed E-state index contributed by atoms with van der Waals surface area (Å²) in [6.45, 7) is 2.22. The van der Waals surface area contributed by atoms with Gasteiger partial charge in [0, 0.05) is 5.92 Å². The molecule has 0 N–H and O–H groups in total. The van der Waals surface area contributed by atoms with Crippen molar-refractivity contribution in [3.63, 3.8) is 0 Å². The van der Waals surface area contributed by atoms with Crippen LogP contribution in [0.4, 0.5) is 0 Å². The van der Waals surface area contributed by atoms with Crippen LogP contribution in [0, 0.1) is 0 Å². The van der Waals surface area contributed by atoms with E-state index < -0.39 is 0 Å². The van der Waals surface area contributed by atoms with E-state index in [2.05, 4.69) is 67.6 Å². The van der Waals surface area contributed by atoms with Gasteiger partial charge in [0.05, 0.1) is 0 Å². The monoisotopic (exact) mass is 244 g/mol. The van der Waals surface area contributed by atoms with Gasteiger partial charge >= 0.3 is 0 Å². The standard InChI is InChI=1S/C19H16/c1-13-11-15-6-4-8-17(19(15)12-13)18-10-9-14-5-2-3-7-16(14)18/h2-10,12,18H,11H2,1H3. The second-order valence-electron chi connectivity index (χ2n) is 5.55. The maximum Gasteiger partial charge on any atom is 0.0284 e. The summed E-state index contributed by atoms with van der Waals surface area (Å²) in [6, 6.07) is 15.5. The molecule has 2 aliphatic rings. The lowest BCUT2D eigenvalue weighted by atomic mass is 9.88. The highest BCUT2D eigenvalue weighted by molar-refractivity contribution is 5.72. The highest BCUT2D eigenvalue weighted by Crippen LogP contribution is 2.40. The maximum atomic E-state index is 2.36. The van der Waals surface area contributed by atoms with Gasteiger partial charge in [-0.2, -0.15) is 0 Å². The third kappa shape index (κ3) is 1.60. The van der Waals surface area contributed by atoms with Crippen LogP contribution in [0.2, 0.25) is 0 Å². The van der Waals surface area contributed by atoms with Crippen molar-refractivity contribution in [2.24, 2.45) is 0 Å². The molecule has 0 heteroatoms. The molecule has 2 aliphatic carbocycles. The number of fused-ring (bicyclic) bond motifs is 2. The third-order valence-electron chi connectivity index (χ3n) is 4.22. The molecule has 2 aromatic carbocycles. The lowest BCUT2D eigenvalue weighted by molar-refractivity contribution is 1.04. The summed E-state index contributed by atoms with van der Waals surface area (Å²) in [5.41, 5.74) is 8.66. The minimum absolute atomic E-state index is 0.424. The van der Waals surface area contributed by atoms with Crippen LogP contribution < -0.4 is 0 Å². The first-order chi connectivity index (χ1) is 9.33. The summed E-state index contributed by atoms with van der Waals surface area (Å²) >= 11 is 0. The number of hydrogen-bond donors (Lipinski definition) is 0. The fraction of sp³-hybridized carbons (Fsp3) is 0.158. The van der Waals surface area contributed by atoms with Crippen molar-refractivity contribution in [2.75, 3.05) is 0 Å². The lowest BCUT2D eigenvalue weighted by Crippen LogP contribution is -1.99. The van der Waals surface area contributed by atoms with Gasteiger partial charge in [0.25, 0.3) is 0 Å². The van der Waals surface area contributed by atoms with Crippen LogP contribution in [-0.2, 0) is 6.42 Å². The fourth-order valence-corrected chi connectivity index (χ4v) is 3.35. The zero-order valence-corrected chi connectivity index (χ0v) is 11.1. The van der Waals surface area contributed by atoms with E-state index >= 15 is 0 Å². The zero-order chi connectivity index (χ0) is 12.8. The van der Waals surface area contributed by atoms with E-state index in [0.29, 0.717) is 5.92 Å². The predicted molar refractivity (Wildman–Crippen MR) is 81.1 cm³/mol. The molecule has 92 valence electrons. The molecule has 0 spiro atoms. The Morgan fingerprint density at radius 3 is 2.74 bits per heavy atom. The molecule has 0 saturated carbocycles.